The number of hydrogen-bond acceptors (Lipinski definition) is 5. The Bertz CT molecular complexity index is 929. The summed E-state index contributed by atoms with van der Waals surface area (Å²) in [5.74, 6) is -0.328. The molecule has 9 heteroatoms. The summed E-state index contributed by atoms with van der Waals surface area (Å²) in [5.41, 5.74) is 0.893. The van der Waals surface area contributed by atoms with Crippen molar-refractivity contribution < 1.29 is 14.4 Å². The van der Waals surface area contributed by atoms with Crippen molar-refractivity contribution in [3.63, 3.8) is 0 Å². The number of hydrogen-bond donors (Lipinski definition) is 3. The van der Waals surface area contributed by atoms with Gasteiger partial charge in [0.05, 0.1) is 24.3 Å². The molecule has 2 aromatic rings. The van der Waals surface area contributed by atoms with Crippen molar-refractivity contribution in [3.8, 4) is 0 Å². The van der Waals surface area contributed by atoms with Gasteiger partial charge < -0.3 is 16.0 Å². The highest BCUT2D eigenvalue weighted by atomic mass is 79.9. The van der Waals surface area contributed by atoms with Gasteiger partial charge >= 0.3 is 0 Å². The number of carbonyl (C=O) groups excluding carboxylic acids is 3. The first kappa shape index (κ1) is 22.9. The van der Waals surface area contributed by atoms with E-state index in [-0.39, 0.29) is 36.9 Å². The molecule has 164 valence electrons. The van der Waals surface area contributed by atoms with Crippen LogP contribution in [0.4, 0.5) is 11.5 Å². The summed E-state index contributed by atoms with van der Waals surface area (Å²) in [7, 11) is 1.67. The largest absolute Gasteiger partial charge is 0.349 e. The number of amides is 3. The van der Waals surface area contributed by atoms with Crippen LogP contribution in [0.1, 0.15) is 36.0 Å². The van der Waals surface area contributed by atoms with Gasteiger partial charge in [0.2, 0.25) is 11.8 Å². The number of anilines is 2. The van der Waals surface area contributed by atoms with E-state index >= 15 is 0 Å². The molecule has 0 unspecified atom stereocenters. The molecule has 1 saturated carbocycles. The Kier molecular flexibility index (Phi) is 8.13. The molecule has 3 amide bonds. The number of aromatic nitrogens is 1. The topological polar surface area (TPSA) is 103 Å². The van der Waals surface area contributed by atoms with Crippen molar-refractivity contribution in [1.82, 2.24) is 15.2 Å². The predicted molar refractivity (Wildman–Crippen MR) is 123 cm³/mol. The molecule has 0 bridgehead atoms. The second kappa shape index (κ2) is 11.0. The van der Waals surface area contributed by atoms with Crippen LogP contribution in [0.25, 0.3) is 0 Å². The lowest BCUT2D eigenvalue weighted by Crippen LogP contribution is -2.37. The smallest absolute Gasteiger partial charge is 0.253 e. The fraction of sp³-hybridized carbons (Fsp3) is 0.364. The van der Waals surface area contributed by atoms with Crippen molar-refractivity contribution in [1.29, 1.82) is 0 Å². The lowest BCUT2D eigenvalue weighted by atomic mass is 10.1. The molecule has 31 heavy (non-hydrogen) atoms. The van der Waals surface area contributed by atoms with Crippen LogP contribution >= 0.6 is 15.9 Å². The minimum absolute atomic E-state index is 0.000233. The zero-order chi connectivity index (χ0) is 22.2. The van der Waals surface area contributed by atoms with E-state index in [0.717, 1.165) is 30.2 Å². The summed E-state index contributed by atoms with van der Waals surface area (Å²) in [5, 5.41) is 8.51. The summed E-state index contributed by atoms with van der Waals surface area (Å²) in [6, 6.07) is 10.6. The molecule has 1 heterocycles. The van der Waals surface area contributed by atoms with Gasteiger partial charge in [0.25, 0.3) is 5.91 Å². The zero-order valence-corrected chi connectivity index (χ0v) is 18.9. The number of pyridine rings is 1. The molecule has 0 saturated heterocycles. The van der Waals surface area contributed by atoms with Gasteiger partial charge in [0.1, 0.15) is 5.82 Å². The lowest BCUT2D eigenvalue weighted by Gasteiger charge is -2.17. The van der Waals surface area contributed by atoms with E-state index in [4.69, 9.17) is 0 Å². The van der Waals surface area contributed by atoms with E-state index in [1.165, 1.54) is 0 Å². The maximum atomic E-state index is 12.6. The highest BCUT2D eigenvalue weighted by Gasteiger charge is 2.20. The quantitative estimate of drug-likeness (QED) is 0.530. The van der Waals surface area contributed by atoms with Crippen molar-refractivity contribution in [2.45, 2.75) is 31.7 Å². The van der Waals surface area contributed by atoms with Gasteiger partial charge in [-0.3, -0.25) is 19.3 Å². The van der Waals surface area contributed by atoms with Gasteiger partial charge in [-0.1, -0.05) is 25.0 Å². The van der Waals surface area contributed by atoms with Gasteiger partial charge in [-0.25, -0.2) is 4.98 Å². The van der Waals surface area contributed by atoms with Crippen molar-refractivity contribution in [3.05, 3.63) is 52.6 Å². The van der Waals surface area contributed by atoms with Crippen LogP contribution in [0, 0.1) is 0 Å². The average Bonchev–Trinajstić information content (AvgIpc) is 3.22. The van der Waals surface area contributed by atoms with E-state index in [1.54, 1.807) is 54.5 Å². The number of benzene rings is 1. The highest BCUT2D eigenvalue weighted by Crippen LogP contribution is 2.20. The molecule has 1 aromatic carbocycles. The first-order valence-electron chi connectivity index (χ1n) is 10.2. The van der Waals surface area contributed by atoms with E-state index in [9.17, 15) is 14.4 Å². The third-order valence-corrected chi connectivity index (χ3v) is 5.43. The number of nitrogens with one attached hydrogen (secondary N) is 3. The monoisotopic (exact) mass is 487 g/mol. The van der Waals surface area contributed by atoms with Gasteiger partial charge in [-0.05, 0) is 60.1 Å². The van der Waals surface area contributed by atoms with Gasteiger partial charge in [0.15, 0.2) is 0 Å². The summed E-state index contributed by atoms with van der Waals surface area (Å²) in [4.78, 5) is 43.0. The van der Waals surface area contributed by atoms with Crippen molar-refractivity contribution >= 4 is 45.2 Å². The summed E-state index contributed by atoms with van der Waals surface area (Å²) >= 11 is 3.29. The zero-order valence-electron chi connectivity index (χ0n) is 17.4. The summed E-state index contributed by atoms with van der Waals surface area (Å²) in [6.45, 7) is 0.0226. The molecule has 3 rings (SSSR count). The molecule has 1 aliphatic carbocycles. The second-order valence-corrected chi connectivity index (χ2v) is 8.55. The highest BCUT2D eigenvalue weighted by molar-refractivity contribution is 9.10. The van der Waals surface area contributed by atoms with Crippen LogP contribution in [0.2, 0.25) is 0 Å². The predicted octanol–water partition coefficient (Wildman–Crippen LogP) is 3.03. The summed E-state index contributed by atoms with van der Waals surface area (Å²) in [6.07, 6.45) is 5.82. The second-order valence-electron chi connectivity index (χ2n) is 7.63. The molecule has 0 spiro atoms. The first-order valence-corrected chi connectivity index (χ1v) is 11.0. The fourth-order valence-electron chi connectivity index (χ4n) is 3.49. The first-order chi connectivity index (χ1) is 14.9. The molecule has 0 atom stereocenters. The van der Waals surface area contributed by atoms with Crippen molar-refractivity contribution in [2.24, 2.45) is 0 Å². The molecule has 0 aliphatic heterocycles. The van der Waals surface area contributed by atoms with Crippen LogP contribution in [-0.4, -0.2) is 53.8 Å². The lowest BCUT2D eigenvalue weighted by molar-refractivity contribution is -0.119. The Hall–Kier alpha value is -2.78. The summed E-state index contributed by atoms with van der Waals surface area (Å²) < 4.78 is 0.816. The minimum Gasteiger partial charge on any atom is -0.349 e. The number of carbonyl (C=O) groups is 3. The molecule has 3 N–H and O–H groups in total. The van der Waals surface area contributed by atoms with E-state index in [1.807, 2.05) is 0 Å². The minimum atomic E-state index is -0.307. The molecule has 0 radical (unpaired) electrons. The van der Waals surface area contributed by atoms with E-state index in [0.29, 0.717) is 17.1 Å². The van der Waals surface area contributed by atoms with Crippen LogP contribution in [-0.2, 0) is 9.59 Å². The Morgan fingerprint density at radius 2 is 1.71 bits per heavy atom. The standard InChI is InChI=1S/C22H26BrN5O3/c1-28(14-21(30)27-19-11-10-15(23)12-24-19)13-20(29)26-18-9-5-4-8-17(18)22(31)25-16-6-2-3-7-16/h4-5,8-12,16H,2-3,6-7,13-14H2,1H3,(H,25,31)(H,26,29)(H,24,27,30). The Morgan fingerprint density at radius 1 is 1.03 bits per heavy atom. The SMILES string of the molecule is CN(CC(=O)Nc1ccc(Br)cn1)CC(=O)Nc1ccccc1C(=O)NC1CCCC1. The number of nitrogens with zero attached hydrogens (tertiary/aromatic N) is 2. The fourth-order valence-corrected chi connectivity index (χ4v) is 3.73. The van der Waals surface area contributed by atoms with Crippen molar-refractivity contribution in [2.75, 3.05) is 30.8 Å². The number of para-hydroxylation sites is 1. The number of rotatable bonds is 8. The Balaban J connectivity index is 1.51. The molecule has 1 aliphatic rings. The third-order valence-electron chi connectivity index (χ3n) is 4.96. The number of halogens is 1. The maximum Gasteiger partial charge on any atom is 0.253 e. The molecule has 1 aromatic heterocycles. The molecule has 1 fully saturated rings. The molecule has 8 nitrogen and oxygen atoms in total. The van der Waals surface area contributed by atoms with Crippen LogP contribution in [0.15, 0.2) is 47.1 Å². The normalized spacial score (nSPS) is 13.8. The Labute approximate surface area is 189 Å². The average molecular weight is 488 g/mol. The van der Waals surface area contributed by atoms with Gasteiger partial charge in [-0.15, -0.1) is 0 Å². The maximum absolute atomic E-state index is 12.6. The molecular weight excluding hydrogens is 462 g/mol. The van der Waals surface area contributed by atoms with Crippen LogP contribution in [0.5, 0.6) is 0 Å². The number of likely N-dealkylation sites (N-methyl/N-ethyl adjacent to an activating group) is 1. The van der Waals surface area contributed by atoms with Crippen LogP contribution in [0.3, 0.4) is 0 Å². The Morgan fingerprint density at radius 3 is 2.39 bits per heavy atom. The molecular formula is C22H26BrN5O3. The third kappa shape index (κ3) is 7.15. The van der Waals surface area contributed by atoms with E-state index < -0.39 is 0 Å². The van der Waals surface area contributed by atoms with Gasteiger partial charge in [-0.2, -0.15) is 0 Å². The van der Waals surface area contributed by atoms with E-state index in [2.05, 4.69) is 36.9 Å². The van der Waals surface area contributed by atoms with Gasteiger partial charge in [0, 0.05) is 16.7 Å². The van der Waals surface area contributed by atoms with Crippen LogP contribution < -0.4 is 16.0 Å².